The van der Waals surface area contributed by atoms with Gasteiger partial charge in [-0.25, -0.2) is 0 Å². The van der Waals surface area contributed by atoms with Crippen molar-refractivity contribution in [3.05, 3.63) is 22.4 Å². The van der Waals surface area contributed by atoms with Gasteiger partial charge in [0, 0.05) is 4.88 Å². The molecule has 0 aromatic carbocycles. The SMILES string of the molecule is CCC(N=C(C)NC#N)c1cccs1. The van der Waals surface area contributed by atoms with Crippen molar-refractivity contribution >= 4 is 17.2 Å². The van der Waals surface area contributed by atoms with E-state index >= 15 is 0 Å². The highest BCUT2D eigenvalue weighted by molar-refractivity contribution is 7.10. The summed E-state index contributed by atoms with van der Waals surface area (Å²) in [4.78, 5) is 5.66. The number of nitriles is 1. The van der Waals surface area contributed by atoms with Crippen molar-refractivity contribution in [2.75, 3.05) is 0 Å². The summed E-state index contributed by atoms with van der Waals surface area (Å²) in [5.74, 6) is 0.674. The molecule has 0 saturated carbocycles. The fourth-order valence-electron chi connectivity index (χ4n) is 1.18. The third-order valence-electron chi connectivity index (χ3n) is 1.84. The molecule has 0 aliphatic rings. The minimum absolute atomic E-state index is 0.177. The lowest BCUT2D eigenvalue weighted by atomic mass is 10.2. The van der Waals surface area contributed by atoms with Crippen molar-refractivity contribution in [3.8, 4) is 6.19 Å². The monoisotopic (exact) mass is 207 g/mol. The predicted molar refractivity (Wildman–Crippen MR) is 59.2 cm³/mol. The molecule has 0 aliphatic heterocycles. The van der Waals surface area contributed by atoms with E-state index in [1.807, 2.05) is 17.6 Å². The van der Waals surface area contributed by atoms with Crippen LogP contribution in [-0.2, 0) is 0 Å². The Labute approximate surface area is 88.1 Å². The van der Waals surface area contributed by atoms with E-state index in [1.54, 1.807) is 18.3 Å². The van der Waals surface area contributed by atoms with Gasteiger partial charge in [-0.05, 0) is 24.8 Å². The Morgan fingerprint density at radius 2 is 2.57 bits per heavy atom. The van der Waals surface area contributed by atoms with Crippen LogP contribution in [0.25, 0.3) is 0 Å². The molecule has 0 amide bonds. The summed E-state index contributed by atoms with van der Waals surface area (Å²) in [6.07, 6.45) is 2.81. The highest BCUT2D eigenvalue weighted by Crippen LogP contribution is 2.25. The van der Waals surface area contributed by atoms with Crippen molar-refractivity contribution in [1.29, 1.82) is 5.26 Å². The van der Waals surface area contributed by atoms with Crippen LogP contribution in [0, 0.1) is 11.5 Å². The maximum atomic E-state index is 8.41. The van der Waals surface area contributed by atoms with Gasteiger partial charge in [-0.3, -0.25) is 10.3 Å². The van der Waals surface area contributed by atoms with Crippen molar-refractivity contribution < 1.29 is 0 Å². The molecule has 74 valence electrons. The Bertz CT molecular complexity index is 335. The number of nitrogens with zero attached hydrogens (tertiary/aromatic N) is 2. The summed E-state index contributed by atoms with van der Waals surface area (Å²) < 4.78 is 0. The summed E-state index contributed by atoms with van der Waals surface area (Å²) in [5.41, 5.74) is 0. The van der Waals surface area contributed by atoms with E-state index < -0.39 is 0 Å². The van der Waals surface area contributed by atoms with E-state index in [0.29, 0.717) is 5.84 Å². The first-order valence-electron chi connectivity index (χ1n) is 4.50. The quantitative estimate of drug-likeness (QED) is 0.358. The van der Waals surface area contributed by atoms with Gasteiger partial charge in [0.2, 0.25) is 0 Å². The molecular weight excluding hydrogens is 194 g/mol. The first-order valence-corrected chi connectivity index (χ1v) is 5.38. The van der Waals surface area contributed by atoms with Gasteiger partial charge >= 0.3 is 0 Å². The number of aliphatic imine (C=N–C) groups is 1. The van der Waals surface area contributed by atoms with Gasteiger partial charge in [0.05, 0.1) is 6.04 Å². The third-order valence-corrected chi connectivity index (χ3v) is 2.82. The van der Waals surface area contributed by atoms with Crippen LogP contribution < -0.4 is 5.32 Å². The normalized spacial score (nSPS) is 13.4. The van der Waals surface area contributed by atoms with Crippen LogP contribution in [0.3, 0.4) is 0 Å². The van der Waals surface area contributed by atoms with Crippen molar-refractivity contribution in [1.82, 2.24) is 5.32 Å². The Balaban J connectivity index is 2.74. The van der Waals surface area contributed by atoms with Gasteiger partial charge < -0.3 is 0 Å². The van der Waals surface area contributed by atoms with E-state index in [-0.39, 0.29) is 6.04 Å². The van der Waals surface area contributed by atoms with Gasteiger partial charge in [0.25, 0.3) is 0 Å². The zero-order valence-corrected chi connectivity index (χ0v) is 9.14. The van der Waals surface area contributed by atoms with Crippen LogP contribution in [-0.4, -0.2) is 5.84 Å². The predicted octanol–water partition coefficient (Wildman–Crippen LogP) is 2.69. The average molecular weight is 207 g/mol. The standard InChI is InChI=1S/C10H13N3S/c1-3-9(10-5-4-6-14-10)13-8(2)12-7-11/h4-6,9H,3H2,1-2H3,(H,12,13). The molecule has 0 aliphatic carbocycles. The topological polar surface area (TPSA) is 48.2 Å². The molecule has 0 saturated heterocycles. The molecule has 0 bridgehead atoms. The molecule has 14 heavy (non-hydrogen) atoms. The zero-order valence-electron chi connectivity index (χ0n) is 8.32. The van der Waals surface area contributed by atoms with Gasteiger partial charge in [-0.2, -0.15) is 5.26 Å². The summed E-state index contributed by atoms with van der Waals surface area (Å²) in [6.45, 7) is 3.90. The van der Waals surface area contributed by atoms with Crippen molar-refractivity contribution in [2.45, 2.75) is 26.3 Å². The molecule has 1 N–H and O–H groups in total. The molecule has 1 atom stereocenters. The Kier molecular flexibility index (Phi) is 4.14. The van der Waals surface area contributed by atoms with E-state index in [2.05, 4.69) is 23.3 Å². The Hall–Kier alpha value is -1.34. The second-order valence-electron chi connectivity index (χ2n) is 2.89. The summed E-state index contributed by atoms with van der Waals surface area (Å²) in [7, 11) is 0. The Morgan fingerprint density at radius 1 is 1.79 bits per heavy atom. The number of hydrogen-bond acceptors (Lipinski definition) is 3. The summed E-state index contributed by atoms with van der Waals surface area (Å²) in [5, 5.41) is 13.0. The molecule has 1 rings (SSSR count). The first-order chi connectivity index (χ1) is 6.77. The maximum Gasteiger partial charge on any atom is 0.182 e. The number of hydrogen-bond donors (Lipinski definition) is 1. The summed E-state index contributed by atoms with van der Waals surface area (Å²) >= 11 is 1.70. The van der Waals surface area contributed by atoms with Crippen LogP contribution in [0.4, 0.5) is 0 Å². The van der Waals surface area contributed by atoms with E-state index in [4.69, 9.17) is 5.26 Å². The number of thiophene rings is 1. The maximum absolute atomic E-state index is 8.41. The molecule has 1 aromatic heterocycles. The van der Waals surface area contributed by atoms with Crippen LogP contribution >= 0.6 is 11.3 Å². The van der Waals surface area contributed by atoms with Gasteiger partial charge in [0.1, 0.15) is 5.84 Å². The first kappa shape index (κ1) is 10.7. The van der Waals surface area contributed by atoms with Crippen LogP contribution in [0.1, 0.15) is 31.2 Å². The zero-order chi connectivity index (χ0) is 10.4. The van der Waals surface area contributed by atoms with E-state index in [1.165, 1.54) is 4.88 Å². The van der Waals surface area contributed by atoms with Gasteiger partial charge in [0.15, 0.2) is 6.19 Å². The molecule has 1 heterocycles. The third kappa shape index (κ3) is 2.86. The molecule has 4 heteroatoms. The fourth-order valence-corrected chi connectivity index (χ4v) is 2.03. The summed E-state index contributed by atoms with van der Waals surface area (Å²) in [6, 6.07) is 4.27. The van der Waals surface area contributed by atoms with E-state index in [0.717, 1.165) is 6.42 Å². The van der Waals surface area contributed by atoms with E-state index in [9.17, 15) is 0 Å². The lowest BCUT2D eigenvalue weighted by Crippen LogP contribution is -2.14. The molecule has 0 fully saturated rings. The highest BCUT2D eigenvalue weighted by Gasteiger charge is 2.08. The molecule has 0 radical (unpaired) electrons. The average Bonchev–Trinajstić information content (AvgIpc) is 2.67. The molecule has 1 unspecified atom stereocenters. The Morgan fingerprint density at radius 3 is 3.07 bits per heavy atom. The minimum atomic E-state index is 0.177. The number of amidine groups is 1. The van der Waals surface area contributed by atoms with Crippen molar-refractivity contribution in [3.63, 3.8) is 0 Å². The van der Waals surface area contributed by atoms with Crippen LogP contribution in [0.15, 0.2) is 22.5 Å². The fraction of sp³-hybridized carbons (Fsp3) is 0.400. The van der Waals surface area contributed by atoms with Gasteiger partial charge in [-0.15, -0.1) is 11.3 Å². The molecule has 0 spiro atoms. The molecule has 1 aromatic rings. The largest absolute Gasteiger partial charge is 0.281 e. The van der Waals surface area contributed by atoms with Crippen LogP contribution in [0.2, 0.25) is 0 Å². The second kappa shape index (κ2) is 5.40. The van der Waals surface area contributed by atoms with Crippen LogP contribution in [0.5, 0.6) is 0 Å². The molecule has 3 nitrogen and oxygen atoms in total. The smallest absolute Gasteiger partial charge is 0.182 e. The second-order valence-corrected chi connectivity index (χ2v) is 3.87. The van der Waals surface area contributed by atoms with Gasteiger partial charge in [-0.1, -0.05) is 13.0 Å². The number of rotatable bonds is 3. The lowest BCUT2D eigenvalue weighted by Gasteiger charge is -2.08. The molecular formula is C10H13N3S. The lowest BCUT2D eigenvalue weighted by molar-refractivity contribution is 0.710. The van der Waals surface area contributed by atoms with Crippen molar-refractivity contribution in [2.24, 2.45) is 4.99 Å². The number of nitrogens with one attached hydrogen (secondary N) is 1. The minimum Gasteiger partial charge on any atom is -0.281 e. The highest BCUT2D eigenvalue weighted by atomic mass is 32.1.